The molecule has 20 heavy (non-hydrogen) atoms. The SMILES string of the molecule is COCCCNCc1ccc(-c2ccccc2F)o1.Cl. The summed E-state index contributed by atoms with van der Waals surface area (Å²) in [5.74, 6) is 1.10. The van der Waals surface area contributed by atoms with E-state index < -0.39 is 0 Å². The van der Waals surface area contributed by atoms with E-state index in [1.807, 2.05) is 6.07 Å². The second-order valence-corrected chi connectivity index (χ2v) is 4.27. The molecule has 110 valence electrons. The van der Waals surface area contributed by atoms with Gasteiger partial charge in [0.15, 0.2) is 0 Å². The van der Waals surface area contributed by atoms with Crippen LogP contribution in [0.5, 0.6) is 0 Å². The van der Waals surface area contributed by atoms with E-state index in [-0.39, 0.29) is 18.2 Å². The zero-order valence-corrected chi connectivity index (χ0v) is 12.2. The van der Waals surface area contributed by atoms with Crippen molar-refractivity contribution in [2.75, 3.05) is 20.3 Å². The highest BCUT2D eigenvalue weighted by Crippen LogP contribution is 2.24. The van der Waals surface area contributed by atoms with Gasteiger partial charge in [0.25, 0.3) is 0 Å². The van der Waals surface area contributed by atoms with Crippen LogP contribution < -0.4 is 5.32 Å². The predicted molar refractivity (Wildman–Crippen MR) is 79.5 cm³/mol. The molecule has 1 N–H and O–H groups in total. The third kappa shape index (κ3) is 4.63. The summed E-state index contributed by atoms with van der Waals surface area (Å²) in [6.45, 7) is 2.24. The fourth-order valence-electron chi connectivity index (χ4n) is 1.83. The van der Waals surface area contributed by atoms with E-state index in [1.54, 1.807) is 31.4 Å². The highest BCUT2D eigenvalue weighted by molar-refractivity contribution is 5.85. The summed E-state index contributed by atoms with van der Waals surface area (Å²) in [6, 6.07) is 10.3. The lowest BCUT2D eigenvalue weighted by molar-refractivity contribution is 0.194. The van der Waals surface area contributed by atoms with Gasteiger partial charge < -0.3 is 14.5 Å². The molecule has 1 aromatic heterocycles. The van der Waals surface area contributed by atoms with Crippen molar-refractivity contribution in [2.24, 2.45) is 0 Å². The van der Waals surface area contributed by atoms with Crippen molar-refractivity contribution >= 4 is 12.4 Å². The maximum atomic E-state index is 13.6. The van der Waals surface area contributed by atoms with Gasteiger partial charge in [0.1, 0.15) is 17.3 Å². The van der Waals surface area contributed by atoms with Crippen molar-refractivity contribution in [3.05, 3.63) is 48.0 Å². The average molecular weight is 300 g/mol. The van der Waals surface area contributed by atoms with Gasteiger partial charge in [-0.25, -0.2) is 4.39 Å². The number of rotatable bonds is 7. The fourth-order valence-corrected chi connectivity index (χ4v) is 1.83. The number of nitrogens with one attached hydrogen (secondary N) is 1. The first-order valence-electron chi connectivity index (χ1n) is 6.34. The smallest absolute Gasteiger partial charge is 0.137 e. The maximum absolute atomic E-state index is 13.6. The topological polar surface area (TPSA) is 34.4 Å². The summed E-state index contributed by atoms with van der Waals surface area (Å²) < 4.78 is 24.2. The van der Waals surface area contributed by atoms with E-state index in [0.717, 1.165) is 25.3 Å². The first-order chi connectivity index (χ1) is 9.31. The Bertz CT molecular complexity index is 516. The van der Waals surface area contributed by atoms with Crippen molar-refractivity contribution in [1.29, 1.82) is 0 Å². The summed E-state index contributed by atoms with van der Waals surface area (Å²) in [5, 5.41) is 3.25. The molecule has 0 bridgehead atoms. The highest BCUT2D eigenvalue weighted by Gasteiger charge is 2.08. The molecule has 0 aliphatic carbocycles. The van der Waals surface area contributed by atoms with Gasteiger partial charge in [0.05, 0.1) is 12.1 Å². The monoisotopic (exact) mass is 299 g/mol. The molecule has 0 aliphatic heterocycles. The summed E-state index contributed by atoms with van der Waals surface area (Å²) in [6.07, 6.45) is 0.956. The molecule has 1 aromatic carbocycles. The quantitative estimate of drug-likeness (QED) is 0.793. The number of benzene rings is 1. The number of hydrogen-bond donors (Lipinski definition) is 1. The van der Waals surface area contributed by atoms with Gasteiger partial charge in [-0.3, -0.25) is 0 Å². The van der Waals surface area contributed by atoms with E-state index >= 15 is 0 Å². The normalized spacial score (nSPS) is 10.3. The van der Waals surface area contributed by atoms with Crippen LogP contribution in [0.3, 0.4) is 0 Å². The molecule has 3 nitrogen and oxygen atoms in total. The minimum Gasteiger partial charge on any atom is -0.460 e. The standard InChI is InChI=1S/C15H18FNO2.ClH/c1-18-10-4-9-17-11-12-7-8-15(19-12)13-5-2-3-6-14(13)16;/h2-3,5-8,17H,4,9-11H2,1H3;1H. The summed E-state index contributed by atoms with van der Waals surface area (Å²) >= 11 is 0. The van der Waals surface area contributed by atoms with Crippen LogP contribution in [0.15, 0.2) is 40.8 Å². The third-order valence-corrected chi connectivity index (χ3v) is 2.80. The predicted octanol–water partition coefficient (Wildman–Crippen LogP) is 3.63. The molecule has 0 aliphatic rings. The fraction of sp³-hybridized carbons (Fsp3) is 0.333. The molecule has 5 heteroatoms. The van der Waals surface area contributed by atoms with Gasteiger partial charge >= 0.3 is 0 Å². The zero-order valence-electron chi connectivity index (χ0n) is 11.4. The molecule has 0 radical (unpaired) electrons. The summed E-state index contributed by atoms with van der Waals surface area (Å²) in [7, 11) is 1.69. The molecule has 2 aromatic rings. The van der Waals surface area contributed by atoms with Crippen LogP contribution >= 0.6 is 12.4 Å². The summed E-state index contributed by atoms with van der Waals surface area (Å²) in [4.78, 5) is 0. The Morgan fingerprint density at radius 3 is 2.75 bits per heavy atom. The zero-order chi connectivity index (χ0) is 13.5. The Kier molecular flexibility index (Phi) is 7.30. The molecule has 0 spiro atoms. The molecule has 0 amide bonds. The van der Waals surface area contributed by atoms with Crippen LogP contribution in [0.4, 0.5) is 4.39 Å². The Balaban J connectivity index is 0.00000200. The minimum atomic E-state index is -0.267. The van der Waals surface area contributed by atoms with Gasteiger partial charge in [0, 0.05) is 13.7 Å². The van der Waals surface area contributed by atoms with Crippen LogP contribution in [-0.4, -0.2) is 20.3 Å². The molecule has 0 atom stereocenters. The van der Waals surface area contributed by atoms with E-state index in [1.165, 1.54) is 6.07 Å². The van der Waals surface area contributed by atoms with Crippen LogP contribution in [0, 0.1) is 5.82 Å². The molecule has 2 rings (SSSR count). The van der Waals surface area contributed by atoms with E-state index in [0.29, 0.717) is 17.9 Å². The van der Waals surface area contributed by atoms with Crippen molar-refractivity contribution in [1.82, 2.24) is 5.32 Å². The van der Waals surface area contributed by atoms with Crippen LogP contribution in [0.2, 0.25) is 0 Å². The number of furan rings is 1. The molecular weight excluding hydrogens is 281 g/mol. The van der Waals surface area contributed by atoms with E-state index in [4.69, 9.17) is 9.15 Å². The van der Waals surface area contributed by atoms with Crippen molar-refractivity contribution in [3.8, 4) is 11.3 Å². The Hall–Kier alpha value is -1.36. The van der Waals surface area contributed by atoms with Crippen LogP contribution in [-0.2, 0) is 11.3 Å². The molecular formula is C15H19ClFNO2. The first-order valence-corrected chi connectivity index (χ1v) is 6.34. The first kappa shape index (κ1) is 16.7. The Labute approximate surface area is 124 Å². The van der Waals surface area contributed by atoms with Gasteiger partial charge in [-0.05, 0) is 37.2 Å². The second kappa shape index (κ2) is 8.74. The minimum absolute atomic E-state index is 0. The lowest BCUT2D eigenvalue weighted by atomic mass is 10.1. The number of hydrogen-bond acceptors (Lipinski definition) is 3. The number of ether oxygens (including phenoxy) is 1. The van der Waals surface area contributed by atoms with Crippen molar-refractivity contribution in [2.45, 2.75) is 13.0 Å². The second-order valence-electron chi connectivity index (χ2n) is 4.27. The largest absolute Gasteiger partial charge is 0.460 e. The summed E-state index contributed by atoms with van der Waals surface area (Å²) in [5.41, 5.74) is 0.494. The lowest BCUT2D eigenvalue weighted by Gasteiger charge is -2.02. The maximum Gasteiger partial charge on any atom is 0.137 e. The van der Waals surface area contributed by atoms with Crippen LogP contribution in [0.25, 0.3) is 11.3 Å². The van der Waals surface area contributed by atoms with Gasteiger partial charge in [-0.1, -0.05) is 12.1 Å². The van der Waals surface area contributed by atoms with Crippen LogP contribution in [0.1, 0.15) is 12.2 Å². The van der Waals surface area contributed by atoms with E-state index in [9.17, 15) is 4.39 Å². The highest BCUT2D eigenvalue weighted by atomic mass is 35.5. The third-order valence-electron chi connectivity index (χ3n) is 2.80. The number of halogens is 2. The molecule has 0 fully saturated rings. The van der Waals surface area contributed by atoms with Crippen molar-refractivity contribution < 1.29 is 13.5 Å². The van der Waals surface area contributed by atoms with E-state index in [2.05, 4.69) is 5.32 Å². The lowest BCUT2D eigenvalue weighted by Crippen LogP contribution is -2.15. The van der Waals surface area contributed by atoms with Gasteiger partial charge in [-0.2, -0.15) is 0 Å². The number of methoxy groups -OCH3 is 1. The average Bonchev–Trinajstić information content (AvgIpc) is 2.88. The Morgan fingerprint density at radius 1 is 1.20 bits per heavy atom. The van der Waals surface area contributed by atoms with Gasteiger partial charge in [0.2, 0.25) is 0 Å². The molecule has 0 saturated heterocycles. The molecule has 0 unspecified atom stereocenters. The van der Waals surface area contributed by atoms with Gasteiger partial charge in [-0.15, -0.1) is 12.4 Å². The molecule has 0 saturated carbocycles. The molecule has 1 heterocycles. The Morgan fingerprint density at radius 2 is 2.00 bits per heavy atom. The van der Waals surface area contributed by atoms with Crippen molar-refractivity contribution in [3.63, 3.8) is 0 Å².